The standard InChI is InChI=1S/C20H21N5O2/c1-15-4-6-16(7-5-15)23-18-13-19(22-14-21-18)24-8-10-25(11-9-24)20(26)17-3-2-12-27-17/h2-7,12-14H,8-11H2,1H3,(H,21,22,23). The number of rotatable bonds is 4. The second-order valence-electron chi connectivity index (χ2n) is 6.51. The molecule has 3 heterocycles. The number of nitrogens with one attached hydrogen (secondary N) is 1. The van der Waals surface area contributed by atoms with Gasteiger partial charge in [-0.1, -0.05) is 17.7 Å². The number of benzene rings is 1. The van der Waals surface area contributed by atoms with Gasteiger partial charge < -0.3 is 19.5 Å². The topological polar surface area (TPSA) is 74.5 Å². The van der Waals surface area contributed by atoms with Crippen LogP contribution in [0.2, 0.25) is 0 Å². The Balaban J connectivity index is 1.40. The third-order valence-electron chi connectivity index (χ3n) is 4.60. The molecule has 4 rings (SSSR count). The number of hydrogen-bond acceptors (Lipinski definition) is 6. The fourth-order valence-electron chi connectivity index (χ4n) is 3.07. The lowest BCUT2D eigenvalue weighted by molar-refractivity contribution is 0.0714. The number of amides is 1. The van der Waals surface area contributed by atoms with Gasteiger partial charge in [-0.15, -0.1) is 0 Å². The SMILES string of the molecule is Cc1ccc(Nc2cc(N3CCN(C(=O)c4ccco4)CC3)ncn2)cc1. The predicted octanol–water partition coefficient (Wildman–Crippen LogP) is 3.08. The highest BCUT2D eigenvalue weighted by Crippen LogP contribution is 2.20. The molecule has 0 saturated carbocycles. The molecule has 1 aliphatic heterocycles. The number of furan rings is 1. The van der Waals surface area contributed by atoms with Crippen molar-refractivity contribution in [2.45, 2.75) is 6.92 Å². The summed E-state index contributed by atoms with van der Waals surface area (Å²) in [6, 6.07) is 13.5. The summed E-state index contributed by atoms with van der Waals surface area (Å²) in [5.74, 6) is 1.92. The summed E-state index contributed by atoms with van der Waals surface area (Å²) in [7, 11) is 0. The first-order chi connectivity index (χ1) is 13.2. The van der Waals surface area contributed by atoms with Gasteiger partial charge in [0.2, 0.25) is 0 Å². The molecule has 0 radical (unpaired) electrons. The number of carbonyl (C=O) groups excluding carboxylic acids is 1. The Hall–Kier alpha value is -3.35. The van der Waals surface area contributed by atoms with Crippen molar-refractivity contribution in [3.05, 3.63) is 66.4 Å². The minimum atomic E-state index is -0.0657. The Morgan fingerprint density at radius 3 is 2.56 bits per heavy atom. The molecule has 7 nitrogen and oxygen atoms in total. The van der Waals surface area contributed by atoms with E-state index in [1.54, 1.807) is 18.5 Å². The van der Waals surface area contributed by atoms with Crippen molar-refractivity contribution < 1.29 is 9.21 Å². The molecule has 1 amide bonds. The Bertz CT molecular complexity index is 900. The fourth-order valence-corrected chi connectivity index (χ4v) is 3.07. The van der Waals surface area contributed by atoms with E-state index in [1.807, 2.05) is 23.1 Å². The average molecular weight is 363 g/mol. The molecule has 3 aromatic rings. The first-order valence-corrected chi connectivity index (χ1v) is 8.92. The summed E-state index contributed by atoms with van der Waals surface area (Å²) in [6.07, 6.45) is 3.08. The van der Waals surface area contributed by atoms with Crippen LogP contribution in [0.5, 0.6) is 0 Å². The number of carbonyl (C=O) groups is 1. The molecule has 2 aromatic heterocycles. The predicted molar refractivity (Wildman–Crippen MR) is 103 cm³/mol. The van der Waals surface area contributed by atoms with Crippen molar-refractivity contribution in [2.75, 3.05) is 36.4 Å². The van der Waals surface area contributed by atoms with E-state index in [1.165, 1.54) is 11.8 Å². The van der Waals surface area contributed by atoms with Gasteiger partial charge in [0.15, 0.2) is 5.76 Å². The quantitative estimate of drug-likeness (QED) is 0.768. The lowest BCUT2D eigenvalue weighted by Crippen LogP contribution is -2.49. The van der Waals surface area contributed by atoms with Gasteiger partial charge in [0.1, 0.15) is 18.0 Å². The summed E-state index contributed by atoms with van der Waals surface area (Å²) in [4.78, 5) is 25.0. The van der Waals surface area contributed by atoms with E-state index < -0.39 is 0 Å². The van der Waals surface area contributed by atoms with Gasteiger partial charge in [-0.25, -0.2) is 9.97 Å². The average Bonchev–Trinajstić information content (AvgIpc) is 3.24. The number of aromatic nitrogens is 2. The van der Waals surface area contributed by atoms with E-state index in [0.717, 1.165) is 17.3 Å². The number of hydrogen-bond donors (Lipinski definition) is 1. The second-order valence-corrected chi connectivity index (χ2v) is 6.51. The highest BCUT2D eigenvalue weighted by Gasteiger charge is 2.24. The van der Waals surface area contributed by atoms with E-state index >= 15 is 0 Å². The van der Waals surface area contributed by atoms with E-state index in [4.69, 9.17) is 4.42 Å². The first kappa shape index (κ1) is 17.1. The molecule has 0 aliphatic carbocycles. The van der Waals surface area contributed by atoms with Crippen molar-refractivity contribution in [3.8, 4) is 0 Å². The molecule has 7 heteroatoms. The first-order valence-electron chi connectivity index (χ1n) is 8.92. The Kier molecular flexibility index (Phi) is 4.74. The maximum atomic E-state index is 12.4. The van der Waals surface area contributed by atoms with E-state index in [-0.39, 0.29) is 5.91 Å². The largest absolute Gasteiger partial charge is 0.459 e. The number of aryl methyl sites for hydroxylation is 1. The molecule has 1 aromatic carbocycles. The van der Waals surface area contributed by atoms with E-state index in [0.29, 0.717) is 31.9 Å². The van der Waals surface area contributed by atoms with Gasteiger partial charge in [-0.05, 0) is 31.2 Å². The molecular weight excluding hydrogens is 342 g/mol. The summed E-state index contributed by atoms with van der Waals surface area (Å²) < 4.78 is 5.21. The monoisotopic (exact) mass is 363 g/mol. The molecule has 27 heavy (non-hydrogen) atoms. The Morgan fingerprint density at radius 1 is 1.07 bits per heavy atom. The maximum Gasteiger partial charge on any atom is 0.289 e. The molecule has 1 saturated heterocycles. The third-order valence-corrected chi connectivity index (χ3v) is 4.60. The third kappa shape index (κ3) is 3.92. The van der Waals surface area contributed by atoms with Gasteiger partial charge in [0.25, 0.3) is 5.91 Å². The van der Waals surface area contributed by atoms with Crippen LogP contribution in [0.3, 0.4) is 0 Å². The second kappa shape index (κ2) is 7.49. The van der Waals surface area contributed by atoms with Crippen LogP contribution >= 0.6 is 0 Å². The normalized spacial score (nSPS) is 14.3. The van der Waals surface area contributed by atoms with Crippen molar-refractivity contribution >= 4 is 23.2 Å². The summed E-state index contributed by atoms with van der Waals surface area (Å²) in [5, 5.41) is 3.30. The molecule has 1 fully saturated rings. The van der Waals surface area contributed by atoms with Gasteiger partial charge in [0.05, 0.1) is 6.26 Å². The molecule has 0 bridgehead atoms. The number of anilines is 3. The lowest BCUT2D eigenvalue weighted by Gasteiger charge is -2.35. The van der Waals surface area contributed by atoms with E-state index in [9.17, 15) is 4.79 Å². The minimum absolute atomic E-state index is 0.0657. The lowest BCUT2D eigenvalue weighted by atomic mass is 10.2. The van der Waals surface area contributed by atoms with Crippen LogP contribution in [-0.2, 0) is 0 Å². The number of piperazine rings is 1. The van der Waals surface area contributed by atoms with Crippen LogP contribution in [-0.4, -0.2) is 47.0 Å². The smallest absolute Gasteiger partial charge is 0.289 e. The van der Waals surface area contributed by atoms with Crippen LogP contribution in [0.4, 0.5) is 17.3 Å². The maximum absolute atomic E-state index is 12.4. The van der Waals surface area contributed by atoms with Crippen LogP contribution < -0.4 is 10.2 Å². The summed E-state index contributed by atoms with van der Waals surface area (Å²) in [5.41, 5.74) is 2.20. The zero-order valence-electron chi connectivity index (χ0n) is 15.1. The van der Waals surface area contributed by atoms with Crippen molar-refractivity contribution in [3.63, 3.8) is 0 Å². The van der Waals surface area contributed by atoms with Crippen molar-refractivity contribution in [2.24, 2.45) is 0 Å². The molecule has 138 valence electrons. The Morgan fingerprint density at radius 2 is 1.85 bits per heavy atom. The molecule has 1 aliphatic rings. The zero-order chi connectivity index (χ0) is 18.6. The summed E-state index contributed by atoms with van der Waals surface area (Å²) >= 11 is 0. The van der Waals surface area contributed by atoms with E-state index in [2.05, 4.69) is 39.2 Å². The highest BCUT2D eigenvalue weighted by molar-refractivity contribution is 5.91. The molecule has 0 atom stereocenters. The minimum Gasteiger partial charge on any atom is -0.459 e. The molecule has 1 N–H and O–H groups in total. The van der Waals surface area contributed by atoms with Crippen molar-refractivity contribution in [1.82, 2.24) is 14.9 Å². The summed E-state index contributed by atoms with van der Waals surface area (Å²) in [6.45, 7) is 4.75. The van der Waals surface area contributed by atoms with Crippen LogP contribution in [0.25, 0.3) is 0 Å². The van der Waals surface area contributed by atoms with Crippen molar-refractivity contribution in [1.29, 1.82) is 0 Å². The van der Waals surface area contributed by atoms with Gasteiger partial charge in [-0.2, -0.15) is 0 Å². The Labute approximate surface area is 157 Å². The van der Waals surface area contributed by atoms with Crippen LogP contribution in [0.15, 0.2) is 59.5 Å². The highest BCUT2D eigenvalue weighted by atomic mass is 16.3. The molecular formula is C20H21N5O2. The van der Waals surface area contributed by atoms with Crippen LogP contribution in [0.1, 0.15) is 16.1 Å². The molecule has 0 unspecified atom stereocenters. The number of nitrogens with zero attached hydrogens (tertiary/aromatic N) is 4. The van der Waals surface area contributed by atoms with Gasteiger partial charge in [-0.3, -0.25) is 4.79 Å². The zero-order valence-corrected chi connectivity index (χ0v) is 15.1. The van der Waals surface area contributed by atoms with Gasteiger partial charge >= 0.3 is 0 Å². The fraction of sp³-hybridized carbons (Fsp3) is 0.250. The van der Waals surface area contributed by atoms with Gasteiger partial charge in [0, 0.05) is 37.9 Å². The van der Waals surface area contributed by atoms with Crippen LogP contribution in [0, 0.1) is 6.92 Å². The molecule has 0 spiro atoms.